The van der Waals surface area contributed by atoms with Gasteiger partial charge in [-0.2, -0.15) is 0 Å². The van der Waals surface area contributed by atoms with Crippen LogP contribution in [0.1, 0.15) is 35.1 Å². The van der Waals surface area contributed by atoms with E-state index in [4.69, 9.17) is 41.5 Å². The average molecular weight is 859 g/mol. The number of imidazole rings is 1. The number of aromatic nitrogens is 2. The minimum absolute atomic E-state index is 0. The molecule has 0 spiro atoms. The van der Waals surface area contributed by atoms with Crippen molar-refractivity contribution in [2.24, 2.45) is 7.05 Å². The van der Waals surface area contributed by atoms with Crippen molar-refractivity contribution in [2.75, 3.05) is 54.2 Å². The number of hydrogen-bond acceptors (Lipinski definition) is 7. The van der Waals surface area contributed by atoms with E-state index in [1.165, 1.54) is 16.8 Å². The minimum Gasteiger partial charge on any atom is -0.640 e. The Kier molecular flexibility index (Phi) is 19.5. The SMILES string of the molecule is CN1C(=O)C2C[C@H](c3c(F)c(F)cc(F)c3F)CN2C1=S.COCC[O][AlH2-][O]CCOC.Cl.Cn1cc2n(c1=S)C[C@@H](c1c(F)c(F)cc(F)c1F)C2.[Na+]. The number of carbonyl (C=O) groups is 1. The number of methoxy groups -OCH3 is 2. The molecule has 6 rings (SSSR count). The quantitative estimate of drug-likeness (QED) is 0.101. The summed E-state index contributed by atoms with van der Waals surface area (Å²) in [6.45, 7) is 2.89. The molecule has 2 saturated heterocycles. The van der Waals surface area contributed by atoms with Gasteiger partial charge in [-0.3, -0.25) is 9.69 Å². The predicted octanol–water partition coefficient (Wildman–Crippen LogP) is 2.35. The number of amides is 1. The molecular weight excluding hydrogens is 822 g/mol. The van der Waals surface area contributed by atoms with Crippen LogP contribution < -0.4 is 29.6 Å². The fourth-order valence-corrected chi connectivity index (χ4v) is 7.60. The van der Waals surface area contributed by atoms with Crippen molar-refractivity contribution >= 4 is 63.7 Å². The zero-order valence-corrected chi connectivity index (χ0v) is 36.6. The molecule has 0 aliphatic carbocycles. The smallest absolute Gasteiger partial charge is 0.640 e. The van der Waals surface area contributed by atoms with Gasteiger partial charge < -0.3 is 31.1 Å². The molecule has 0 radical (unpaired) electrons. The van der Waals surface area contributed by atoms with Crippen LogP contribution >= 0.6 is 36.8 Å². The van der Waals surface area contributed by atoms with Crippen LogP contribution in [0.25, 0.3) is 0 Å². The number of rotatable bonds is 10. The maximum absolute atomic E-state index is 13.8. The molecule has 54 heavy (non-hydrogen) atoms. The van der Waals surface area contributed by atoms with E-state index < -0.39 is 91.4 Å². The number of hydrogen-bond donors (Lipinski definition) is 0. The van der Waals surface area contributed by atoms with Crippen molar-refractivity contribution in [3.63, 3.8) is 0 Å². The maximum atomic E-state index is 13.8. The molecule has 3 atom stereocenters. The Morgan fingerprint density at radius 1 is 0.759 bits per heavy atom. The van der Waals surface area contributed by atoms with Crippen molar-refractivity contribution in [3.8, 4) is 0 Å². The second kappa shape index (κ2) is 21.7. The van der Waals surface area contributed by atoms with Crippen LogP contribution in [-0.4, -0.2) is 106 Å². The van der Waals surface area contributed by atoms with Gasteiger partial charge in [0.05, 0.1) is 13.2 Å². The van der Waals surface area contributed by atoms with Crippen LogP contribution in [0, 0.1) is 51.3 Å². The molecular formula is C32H37AlClF8N4NaO5S2. The molecule has 3 aliphatic rings. The van der Waals surface area contributed by atoms with E-state index in [1.54, 1.807) is 36.6 Å². The van der Waals surface area contributed by atoms with Crippen LogP contribution in [0.5, 0.6) is 0 Å². The fraction of sp³-hybridized carbons (Fsp3) is 0.469. The Hall–Kier alpha value is -1.67. The molecule has 2 fully saturated rings. The van der Waals surface area contributed by atoms with Crippen LogP contribution in [0.2, 0.25) is 0 Å². The average Bonchev–Trinajstić information content (AvgIpc) is 3.84. The first-order valence-corrected chi connectivity index (χ1v) is 18.5. The van der Waals surface area contributed by atoms with Crippen LogP contribution in [0.15, 0.2) is 18.3 Å². The van der Waals surface area contributed by atoms with Gasteiger partial charge >= 0.3 is 45.4 Å². The summed E-state index contributed by atoms with van der Waals surface area (Å²) in [5.74, 6) is -12.9. The number of fused-ring (bicyclic) bond motifs is 2. The third-order valence-corrected chi connectivity index (χ3v) is 11.2. The van der Waals surface area contributed by atoms with E-state index in [0.29, 0.717) is 37.6 Å². The summed E-state index contributed by atoms with van der Waals surface area (Å²) >= 11 is 9.01. The molecule has 1 aromatic heterocycles. The van der Waals surface area contributed by atoms with Crippen molar-refractivity contribution in [2.45, 2.75) is 37.3 Å². The Balaban J connectivity index is 0.000000289. The summed E-state index contributed by atoms with van der Waals surface area (Å²) in [5.41, 5.74) is -0.394. The van der Waals surface area contributed by atoms with E-state index in [2.05, 4.69) is 0 Å². The van der Waals surface area contributed by atoms with Gasteiger partial charge in [0.25, 0.3) is 5.91 Å². The summed E-state index contributed by atoms with van der Waals surface area (Å²) < 4.78 is 132. The number of aryl methyl sites for hydroxylation is 1. The number of nitrogens with zero attached hydrogens (tertiary/aromatic N) is 4. The number of halogens is 9. The molecule has 1 amide bonds. The molecule has 294 valence electrons. The third-order valence-electron chi connectivity index (χ3n) is 8.86. The number of ether oxygens (including phenoxy) is 2. The van der Waals surface area contributed by atoms with Crippen molar-refractivity contribution in [1.82, 2.24) is 18.9 Å². The van der Waals surface area contributed by atoms with Gasteiger partial charge in [-0.1, -0.05) is 0 Å². The molecule has 3 aliphatic heterocycles. The first kappa shape index (κ1) is 48.5. The summed E-state index contributed by atoms with van der Waals surface area (Å²) in [6.07, 6.45) is 2.12. The van der Waals surface area contributed by atoms with Gasteiger partial charge in [0.1, 0.15) is 6.04 Å². The molecule has 4 heterocycles. The van der Waals surface area contributed by atoms with E-state index in [0.717, 1.165) is 5.69 Å². The molecule has 0 bridgehead atoms. The third kappa shape index (κ3) is 10.8. The molecule has 1 unspecified atom stereocenters. The molecule has 2 aromatic carbocycles. The van der Waals surface area contributed by atoms with Gasteiger partial charge in [-0.15, -0.1) is 12.4 Å². The second-order valence-corrected chi connectivity index (χ2v) is 14.4. The van der Waals surface area contributed by atoms with E-state index in [-0.39, 0.29) is 84.6 Å². The fourth-order valence-electron chi connectivity index (χ4n) is 6.24. The van der Waals surface area contributed by atoms with Crippen molar-refractivity contribution < 1.29 is 86.5 Å². The first-order valence-electron chi connectivity index (χ1n) is 16.0. The molecule has 0 N–H and O–H groups in total. The Bertz CT molecular complexity index is 1780. The number of benzene rings is 2. The summed E-state index contributed by atoms with van der Waals surface area (Å²) in [4.78, 5) is 14.8. The van der Waals surface area contributed by atoms with Crippen LogP contribution in [-0.2, 0) is 41.9 Å². The molecule has 0 saturated carbocycles. The van der Waals surface area contributed by atoms with Gasteiger partial charge in [-0.05, 0) is 37.3 Å². The van der Waals surface area contributed by atoms with Crippen LogP contribution in [0.4, 0.5) is 35.1 Å². The molecule has 22 heteroatoms. The summed E-state index contributed by atoms with van der Waals surface area (Å²) in [5, 5.41) is 0.255. The van der Waals surface area contributed by atoms with Gasteiger partial charge in [0.2, 0.25) is 0 Å². The van der Waals surface area contributed by atoms with Crippen molar-refractivity contribution in [1.29, 1.82) is 0 Å². The number of thiocarbonyl (C=S) groups is 1. The zero-order chi connectivity index (χ0) is 38.4. The standard InChI is InChI=1S/C13H10F4N2OS.C13H10F4N2S.2C3H7O2.Al.ClH.Na.2H/c1-18-12(20)8-2-5(4-19(8)13(18)21)9-10(16)6(14)3-7(15)11(9)17;1-18-5-7-2-6(4-19(7)13(18)20)10-11(16)8(14)3-9(15)12(10)17;2*1-5-3-2-4;;;;;/h3,5,8H,2,4H2,1H3;3,5-6H,2,4H2,1H3;2*2-3H2,1H3;;1H;;;/q;;2*-1;+1;;+1;;/t5-,8?;6-;;;;;;;/m00......./s1. The Morgan fingerprint density at radius 2 is 1.22 bits per heavy atom. The largest absolute Gasteiger partial charge is 1.00 e. The second-order valence-electron chi connectivity index (χ2n) is 12.2. The van der Waals surface area contributed by atoms with Crippen LogP contribution in [0.3, 0.4) is 0 Å². The Morgan fingerprint density at radius 3 is 1.65 bits per heavy atom. The first-order chi connectivity index (χ1) is 24.6. The minimum atomic E-state index is -1.44. The number of carbonyl (C=O) groups excluding carboxylic acids is 1. The van der Waals surface area contributed by atoms with Gasteiger partial charge in [-0.25, -0.2) is 35.1 Å². The number of likely N-dealkylation sites (N-methyl/N-ethyl adjacent to an activating group) is 1. The van der Waals surface area contributed by atoms with Crippen molar-refractivity contribution in [3.05, 3.63) is 86.5 Å². The monoisotopic (exact) mass is 858 g/mol. The normalized spacial score (nSPS) is 18.3. The zero-order valence-electron chi connectivity index (χ0n) is 30.2. The summed E-state index contributed by atoms with van der Waals surface area (Å²) in [7, 11) is 6.60. The predicted molar refractivity (Wildman–Crippen MR) is 188 cm³/mol. The summed E-state index contributed by atoms with van der Waals surface area (Å²) in [6, 6.07) is -0.229. The van der Waals surface area contributed by atoms with E-state index in [1.807, 2.05) is 0 Å². The topological polar surface area (TPSA) is 70.3 Å². The molecule has 3 aromatic rings. The molecule has 9 nitrogen and oxygen atoms in total. The van der Waals surface area contributed by atoms with E-state index >= 15 is 0 Å². The van der Waals surface area contributed by atoms with Gasteiger partial charge in [0.15, 0.2) is 56.4 Å². The van der Waals surface area contributed by atoms with E-state index in [9.17, 15) is 39.9 Å². The Labute approximate surface area is 351 Å². The maximum Gasteiger partial charge on any atom is 1.00 e. The van der Waals surface area contributed by atoms with Gasteiger partial charge in [0, 0.05) is 102 Å².